The van der Waals surface area contributed by atoms with Gasteiger partial charge in [0.2, 0.25) is 5.75 Å². The van der Waals surface area contributed by atoms with Crippen molar-refractivity contribution in [3.05, 3.63) is 77.6 Å². The molecule has 0 aromatic heterocycles. The quantitative estimate of drug-likeness (QED) is 0.560. The van der Waals surface area contributed by atoms with Crippen LogP contribution in [-0.2, 0) is 6.54 Å². The summed E-state index contributed by atoms with van der Waals surface area (Å²) in [6, 6.07) is 18.8. The van der Waals surface area contributed by atoms with Crippen LogP contribution in [-0.4, -0.2) is 25.9 Å². The number of thioether (sulfide) groups is 1. The van der Waals surface area contributed by atoms with Crippen LogP contribution >= 0.6 is 11.8 Å². The summed E-state index contributed by atoms with van der Waals surface area (Å²) < 4.78 is 24.4. The molecule has 4 nitrogen and oxygen atoms in total. The Balaban J connectivity index is 1.65. The number of halogens is 1. The predicted octanol–water partition coefficient (Wildman–Crippen LogP) is 5.79. The van der Waals surface area contributed by atoms with Crippen LogP contribution in [0.15, 0.2) is 65.6 Å². The summed E-state index contributed by atoms with van der Waals surface area (Å²) in [5, 5.41) is 10.4. The van der Waals surface area contributed by atoms with Gasteiger partial charge in [-0.25, -0.2) is 4.39 Å². The molecular weight excluding hydrogens is 401 g/mol. The van der Waals surface area contributed by atoms with E-state index in [9.17, 15) is 9.50 Å². The molecule has 1 aliphatic rings. The number of hydrogen-bond donors (Lipinski definition) is 1. The Bertz CT molecular complexity index is 1020. The number of methoxy groups -OCH3 is 2. The first-order valence-electron chi connectivity index (χ1n) is 9.79. The van der Waals surface area contributed by atoms with E-state index in [0.29, 0.717) is 18.0 Å². The molecular formula is C24H24FNO3S. The summed E-state index contributed by atoms with van der Waals surface area (Å²) in [6.07, 6.45) is 0.884. The fraction of sp³-hybridized carbons (Fsp3) is 0.250. The van der Waals surface area contributed by atoms with E-state index in [1.165, 1.54) is 25.2 Å². The summed E-state index contributed by atoms with van der Waals surface area (Å²) in [6.45, 7) is 1.46. The number of phenols is 1. The van der Waals surface area contributed by atoms with Gasteiger partial charge in [-0.2, -0.15) is 0 Å². The molecule has 1 unspecified atom stereocenters. The van der Waals surface area contributed by atoms with Gasteiger partial charge in [0.05, 0.1) is 19.9 Å². The molecule has 4 rings (SSSR count). The molecule has 0 saturated carbocycles. The maximum atomic E-state index is 13.8. The molecule has 3 aromatic carbocycles. The number of rotatable bonds is 5. The zero-order valence-electron chi connectivity index (χ0n) is 17.0. The van der Waals surface area contributed by atoms with Crippen LogP contribution in [0.4, 0.5) is 10.1 Å². The van der Waals surface area contributed by atoms with Gasteiger partial charge in [-0.1, -0.05) is 24.3 Å². The fourth-order valence-electron chi connectivity index (χ4n) is 3.79. The van der Waals surface area contributed by atoms with Crippen LogP contribution in [0.2, 0.25) is 0 Å². The Labute approximate surface area is 180 Å². The molecule has 1 N–H and O–H groups in total. The number of aromatic hydroxyl groups is 1. The highest BCUT2D eigenvalue weighted by Crippen LogP contribution is 2.46. The lowest BCUT2D eigenvalue weighted by molar-refractivity contribution is 0.339. The van der Waals surface area contributed by atoms with Crippen molar-refractivity contribution in [1.29, 1.82) is 0 Å². The molecule has 6 heteroatoms. The van der Waals surface area contributed by atoms with E-state index in [1.807, 2.05) is 30.3 Å². The van der Waals surface area contributed by atoms with E-state index in [1.54, 1.807) is 23.9 Å². The predicted molar refractivity (Wildman–Crippen MR) is 118 cm³/mol. The van der Waals surface area contributed by atoms with Crippen molar-refractivity contribution in [3.63, 3.8) is 0 Å². The third kappa shape index (κ3) is 4.19. The van der Waals surface area contributed by atoms with Crippen LogP contribution in [0.25, 0.3) is 0 Å². The summed E-state index contributed by atoms with van der Waals surface area (Å²) in [4.78, 5) is 3.48. The summed E-state index contributed by atoms with van der Waals surface area (Å²) in [5.74, 6) is 0.575. The maximum Gasteiger partial charge on any atom is 0.200 e. The largest absolute Gasteiger partial charge is 0.502 e. The number of hydrogen-bond acceptors (Lipinski definition) is 5. The van der Waals surface area contributed by atoms with Gasteiger partial charge in [0.1, 0.15) is 5.82 Å². The number of anilines is 1. The molecule has 0 spiro atoms. The molecule has 3 aromatic rings. The van der Waals surface area contributed by atoms with Crippen LogP contribution in [0.1, 0.15) is 22.8 Å². The highest BCUT2D eigenvalue weighted by molar-refractivity contribution is 7.99. The second-order valence-electron chi connectivity index (χ2n) is 7.19. The first kappa shape index (κ1) is 20.4. The number of fused-ring (bicyclic) bond motifs is 1. The minimum absolute atomic E-state index is 0.00161. The van der Waals surface area contributed by atoms with Crippen molar-refractivity contribution in [3.8, 4) is 17.2 Å². The molecule has 156 valence electrons. The van der Waals surface area contributed by atoms with Crippen molar-refractivity contribution in [1.82, 2.24) is 0 Å². The highest BCUT2D eigenvalue weighted by atomic mass is 32.2. The Hall–Kier alpha value is -2.86. The van der Waals surface area contributed by atoms with Crippen LogP contribution in [0.5, 0.6) is 17.2 Å². The normalized spacial score (nSPS) is 16.0. The average Bonchev–Trinajstić information content (AvgIpc) is 2.94. The molecule has 1 atom stereocenters. The monoisotopic (exact) mass is 425 g/mol. The number of ether oxygens (including phenoxy) is 2. The lowest BCUT2D eigenvalue weighted by atomic mass is 10.1. The van der Waals surface area contributed by atoms with Gasteiger partial charge in [-0.3, -0.25) is 0 Å². The van der Waals surface area contributed by atoms with Gasteiger partial charge in [0.25, 0.3) is 0 Å². The van der Waals surface area contributed by atoms with Crippen LogP contribution in [0, 0.1) is 5.82 Å². The summed E-state index contributed by atoms with van der Waals surface area (Å²) in [5.41, 5.74) is 3.13. The first-order valence-corrected chi connectivity index (χ1v) is 10.7. The van der Waals surface area contributed by atoms with Crippen LogP contribution < -0.4 is 14.4 Å². The first-order chi connectivity index (χ1) is 14.6. The molecule has 0 amide bonds. The van der Waals surface area contributed by atoms with Gasteiger partial charge >= 0.3 is 0 Å². The van der Waals surface area contributed by atoms with Crippen molar-refractivity contribution in [2.24, 2.45) is 0 Å². The standard InChI is InChI=1S/C24H24FNO3S/c1-28-20-12-16(13-21(29-2)24(20)27)15-26-11-10-22(17-6-5-7-18(25)14-17)30-23-9-4-3-8-19(23)26/h3-9,12-14,22,27H,10-11,15H2,1-2H3. The summed E-state index contributed by atoms with van der Waals surface area (Å²) in [7, 11) is 3.06. The molecule has 30 heavy (non-hydrogen) atoms. The molecule has 0 radical (unpaired) electrons. The SMILES string of the molecule is COc1cc(CN2CCC(c3cccc(F)c3)Sc3ccccc32)cc(OC)c1O. The van der Waals surface area contributed by atoms with Gasteiger partial charge < -0.3 is 19.5 Å². The average molecular weight is 426 g/mol. The zero-order valence-corrected chi connectivity index (χ0v) is 17.8. The molecule has 0 bridgehead atoms. The molecule has 0 saturated heterocycles. The third-order valence-electron chi connectivity index (χ3n) is 5.27. The van der Waals surface area contributed by atoms with E-state index >= 15 is 0 Å². The molecule has 1 heterocycles. The Kier molecular flexibility index (Phi) is 6.04. The molecule has 1 aliphatic heterocycles. The van der Waals surface area contributed by atoms with Crippen molar-refractivity contribution in [2.75, 3.05) is 25.7 Å². The van der Waals surface area contributed by atoms with Crippen molar-refractivity contribution in [2.45, 2.75) is 23.1 Å². The maximum absolute atomic E-state index is 13.8. The summed E-state index contributed by atoms with van der Waals surface area (Å²) >= 11 is 1.77. The minimum Gasteiger partial charge on any atom is -0.502 e. The second kappa shape index (κ2) is 8.88. The number of nitrogens with zero attached hydrogens (tertiary/aromatic N) is 1. The third-order valence-corrected chi connectivity index (χ3v) is 6.66. The smallest absolute Gasteiger partial charge is 0.200 e. The molecule has 0 aliphatic carbocycles. The highest BCUT2D eigenvalue weighted by Gasteiger charge is 2.24. The van der Waals surface area contributed by atoms with Crippen LogP contribution in [0.3, 0.4) is 0 Å². The van der Waals surface area contributed by atoms with Crippen molar-refractivity contribution < 1.29 is 19.0 Å². The minimum atomic E-state index is -0.203. The van der Waals surface area contributed by atoms with E-state index in [0.717, 1.165) is 29.8 Å². The topological polar surface area (TPSA) is 41.9 Å². The Morgan fingerprint density at radius 2 is 1.77 bits per heavy atom. The van der Waals surface area contributed by atoms with E-state index in [4.69, 9.17) is 9.47 Å². The lowest BCUT2D eigenvalue weighted by Crippen LogP contribution is -2.24. The van der Waals surface area contributed by atoms with Crippen molar-refractivity contribution >= 4 is 17.4 Å². The lowest BCUT2D eigenvalue weighted by Gasteiger charge is -2.25. The number of phenolic OH excluding ortho intramolecular Hbond substituents is 1. The van der Waals surface area contributed by atoms with E-state index in [-0.39, 0.29) is 16.8 Å². The number of para-hydroxylation sites is 1. The van der Waals surface area contributed by atoms with Gasteiger partial charge in [-0.15, -0.1) is 11.8 Å². The Morgan fingerprint density at radius 1 is 1.03 bits per heavy atom. The zero-order chi connectivity index (χ0) is 21.1. The Morgan fingerprint density at radius 3 is 2.47 bits per heavy atom. The number of benzene rings is 3. The fourth-order valence-corrected chi connectivity index (χ4v) is 5.08. The second-order valence-corrected chi connectivity index (χ2v) is 8.43. The van der Waals surface area contributed by atoms with E-state index < -0.39 is 0 Å². The van der Waals surface area contributed by atoms with E-state index in [2.05, 4.69) is 17.0 Å². The van der Waals surface area contributed by atoms with Gasteiger partial charge in [-0.05, 0) is 53.9 Å². The van der Waals surface area contributed by atoms with Gasteiger partial charge in [0, 0.05) is 23.2 Å². The van der Waals surface area contributed by atoms with Gasteiger partial charge in [0.15, 0.2) is 11.5 Å². The molecule has 0 fully saturated rings.